The molecule has 2 N–H and O–H groups in total. The van der Waals surface area contributed by atoms with Gasteiger partial charge in [0.1, 0.15) is 23.2 Å². The zero-order valence-corrected chi connectivity index (χ0v) is 19.2. The number of nitrogens with zero attached hydrogens (tertiary/aromatic N) is 2. The van der Waals surface area contributed by atoms with E-state index < -0.39 is 17.6 Å². The van der Waals surface area contributed by atoms with Gasteiger partial charge in [0.25, 0.3) is 5.91 Å². The Labute approximate surface area is 193 Å². The molecule has 1 atom stereocenters. The number of primary amides is 1. The van der Waals surface area contributed by atoms with Gasteiger partial charge >= 0.3 is 0 Å². The Morgan fingerprint density at radius 1 is 1.12 bits per heavy atom. The van der Waals surface area contributed by atoms with E-state index in [0.29, 0.717) is 34.9 Å². The van der Waals surface area contributed by atoms with Gasteiger partial charge in [-0.1, -0.05) is 60.3 Å². The summed E-state index contributed by atoms with van der Waals surface area (Å²) >= 11 is 6.35. The van der Waals surface area contributed by atoms with Gasteiger partial charge in [0, 0.05) is 5.56 Å². The van der Waals surface area contributed by atoms with Gasteiger partial charge < -0.3 is 10.5 Å². The largest absolute Gasteiger partial charge is 0.495 e. The van der Waals surface area contributed by atoms with Gasteiger partial charge in [-0.2, -0.15) is 0 Å². The first-order valence-electron chi connectivity index (χ1n) is 11.0. The monoisotopic (exact) mass is 453 g/mol. The number of aryl methyl sites for hydroxylation is 1. The molecule has 1 fully saturated rings. The fourth-order valence-corrected chi connectivity index (χ4v) is 5.08. The third kappa shape index (κ3) is 3.99. The molecule has 168 valence electrons. The molecule has 0 radical (unpaired) electrons. The van der Waals surface area contributed by atoms with Crippen LogP contribution in [0, 0.1) is 6.92 Å². The lowest BCUT2D eigenvalue weighted by atomic mass is 9.94. The quantitative estimate of drug-likeness (QED) is 0.719. The number of methoxy groups -OCH3 is 1. The smallest absolute Gasteiger partial charge is 0.275 e. The van der Waals surface area contributed by atoms with Crippen LogP contribution in [0.3, 0.4) is 0 Å². The molecule has 1 aliphatic heterocycles. The van der Waals surface area contributed by atoms with Gasteiger partial charge in [-0.05, 0) is 50.3 Å². The number of halogens is 1. The summed E-state index contributed by atoms with van der Waals surface area (Å²) in [5.74, 6) is -0.387. The molecule has 1 aliphatic carbocycles. The second-order valence-electron chi connectivity index (χ2n) is 8.60. The van der Waals surface area contributed by atoms with Gasteiger partial charge in [-0.3, -0.25) is 19.5 Å². The number of ether oxygens (including phenoxy) is 1. The highest BCUT2D eigenvalue weighted by atomic mass is 35.5. The third-order valence-corrected chi connectivity index (χ3v) is 6.73. The predicted octanol–water partition coefficient (Wildman–Crippen LogP) is 4.57. The van der Waals surface area contributed by atoms with E-state index in [1.54, 1.807) is 23.1 Å². The summed E-state index contributed by atoms with van der Waals surface area (Å²) in [6.07, 6.45) is 5.42. The van der Waals surface area contributed by atoms with Crippen molar-refractivity contribution in [3.63, 3.8) is 0 Å². The summed E-state index contributed by atoms with van der Waals surface area (Å²) in [7, 11) is 1.53. The van der Waals surface area contributed by atoms with Crippen LogP contribution < -0.4 is 10.5 Å². The summed E-state index contributed by atoms with van der Waals surface area (Å²) in [5, 5.41) is 0.359. The summed E-state index contributed by atoms with van der Waals surface area (Å²) in [4.78, 5) is 33.3. The van der Waals surface area contributed by atoms with Gasteiger partial charge in [0.2, 0.25) is 5.91 Å². The molecular formula is C25H28ClN3O3. The van der Waals surface area contributed by atoms with Crippen molar-refractivity contribution in [3.8, 4) is 5.75 Å². The lowest BCUT2D eigenvalue weighted by molar-refractivity contribution is -0.140. The molecule has 2 aliphatic rings. The minimum absolute atomic E-state index is 0.272. The molecule has 1 spiro atoms. The summed E-state index contributed by atoms with van der Waals surface area (Å²) in [6.45, 7) is 2.00. The summed E-state index contributed by atoms with van der Waals surface area (Å²) < 4.78 is 5.25. The van der Waals surface area contributed by atoms with Crippen molar-refractivity contribution >= 4 is 29.1 Å². The maximum atomic E-state index is 13.8. The van der Waals surface area contributed by atoms with E-state index in [4.69, 9.17) is 27.1 Å². The lowest BCUT2D eigenvalue weighted by Crippen LogP contribution is -2.52. The highest BCUT2D eigenvalue weighted by molar-refractivity contribution is 6.47. The van der Waals surface area contributed by atoms with Crippen LogP contribution in [0.1, 0.15) is 61.3 Å². The van der Waals surface area contributed by atoms with Crippen LogP contribution >= 0.6 is 11.6 Å². The highest BCUT2D eigenvalue weighted by Gasteiger charge is 2.51. The van der Waals surface area contributed by atoms with E-state index >= 15 is 0 Å². The van der Waals surface area contributed by atoms with E-state index in [-0.39, 0.29) is 5.91 Å². The average molecular weight is 454 g/mol. The van der Waals surface area contributed by atoms with Crippen LogP contribution in [0.15, 0.2) is 47.5 Å². The number of nitrogens with two attached hydrogens (primary N) is 1. The highest BCUT2D eigenvalue weighted by Crippen LogP contribution is 2.44. The Bertz CT molecular complexity index is 1060. The first-order valence-corrected chi connectivity index (χ1v) is 11.4. The van der Waals surface area contributed by atoms with E-state index in [1.807, 2.05) is 31.2 Å². The average Bonchev–Trinajstić information content (AvgIpc) is 2.91. The summed E-state index contributed by atoms with van der Waals surface area (Å²) in [5.41, 5.74) is 7.91. The van der Waals surface area contributed by atoms with Crippen molar-refractivity contribution in [2.24, 2.45) is 10.7 Å². The topological polar surface area (TPSA) is 85.0 Å². The lowest BCUT2D eigenvalue weighted by Gasteiger charge is -2.40. The Morgan fingerprint density at radius 3 is 2.34 bits per heavy atom. The van der Waals surface area contributed by atoms with Gasteiger partial charge in [-0.25, -0.2) is 0 Å². The zero-order chi connectivity index (χ0) is 22.9. The van der Waals surface area contributed by atoms with E-state index in [1.165, 1.54) is 7.11 Å². The Balaban J connectivity index is 1.83. The van der Waals surface area contributed by atoms with Gasteiger partial charge in [0.05, 0.1) is 12.1 Å². The van der Waals surface area contributed by atoms with Crippen molar-refractivity contribution in [1.29, 1.82) is 0 Å². The molecule has 2 aromatic carbocycles. The number of hydrogen-bond acceptors (Lipinski definition) is 4. The second kappa shape index (κ2) is 8.94. The van der Waals surface area contributed by atoms with Crippen molar-refractivity contribution in [3.05, 3.63) is 64.2 Å². The Kier molecular flexibility index (Phi) is 6.24. The molecule has 2 aromatic rings. The second-order valence-corrected chi connectivity index (χ2v) is 9.00. The molecule has 6 nitrogen and oxygen atoms in total. The molecule has 7 heteroatoms. The standard InChI is InChI=1S/C25H28ClN3O3/c1-16-7-9-17(10-8-16)21-24(31)29(25(28-21)13-5-3-4-6-14-25)22(23(27)30)18-11-12-20(32-2)19(26)15-18/h7-12,15,22H,3-6,13-14H2,1-2H3,(H2,27,30). The third-order valence-electron chi connectivity index (χ3n) is 6.44. The summed E-state index contributed by atoms with van der Waals surface area (Å²) in [6, 6.07) is 11.8. The number of carbonyl (C=O) groups excluding carboxylic acids is 2. The van der Waals surface area contributed by atoms with Gasteiger partial charge in [0.15, 0.2) is 0 Å². The minimum Gasteiger partial charge on any atom is -0.495 e. The van der Waals surface area contributed by atoms with Crippen molar-refractivity contribution in [1.82, 2.24) is 4.90 Å². The molecular weight excluding hydrogens is 426 g/mol. The maximum Gasteiger partial charge on any atom is 0.275 e. The number of amides is 2. The zero-order valence-electron chi connectivity index (χ0n) is 18.4. The van der Waals surface area contributed by atoms with E-state index in [2.05, 4.69) is 0 Å². The fraction of sp³-hybridized carbons (Fsp3) is 0.400. The van der Waals surface area contributed by atoms with Crippen LogP contribution in [0.25, 0.3) is 0 Å². The molecule has 1 saturated carbocycles. The molecule has 1 heterocycles. The normalized spacial score (nSPS) is 18.9. The van der Waals surface area contributed by atoms with Crippen LogP contribution in [0.4, 0.5) is 0 Å². The first kappa shape index (κ1) is 22.3. The number of hydrogen-bond donors (Lipinski definition) is 1. The number of benzene rings is 2. The number of carbonyl (C=O) groups is 2. The van der Waals surface area contributed by atoms with Crippen LogP contribution in [0.2, 0.25) is 5.02 Å². The van der Waals surface area contributed by atoms with Gasteiger partial charge in [-0.15, -0.1) is 0 Å². The Hall–Kier alpha value is -2.86. The molecule has 0 aromatic heterocycles. The van der Waals surface area contributed by atoms with E-state index in [9.17, 15) is 9.59 Å². The molecule has 0 bridgehead atoms. The number of rotatable bonds is 5. The minimum atomic E-state index is -0.976. The van der Waals surface area contributed by atoms with Crippen LogP contribution in [0.5, 0.6) is 5.75 Å². The number of aliphatic imine (C=N–C) groups is 1. The first-order chi connectivity index (χ1) is 15.4. The predicted molar refractivity (Wildman–Crippen MR) is 125 cm³/mol. The molecule has 4 rings (SSSR count). The Morgan fingerprint density at radius 2 is 1.78 bits per heavy atom. The fourth-order valence-electron chi connectivity index (χ4n) is 4.81. The molecule has 2 amide bonds. The SMILES string of the molecule is COc1ccc(C(C(N)=O)N2C(=O)C(c3ccc(C)cc3)=NC23CCCCCC3)cc1Cl. The molecule has 32 heavy (non-hydrogen) atoms. The molecule has 1 unspecified atom stereocenters. The van der Waals surface area contributed by atoms with E-state index in [0.717, 1.165) is 36.8 Å². The van der Waals surface area contributed by atoms with Crippen molar-refractivity contribution in [2.45, 2.75) is 57.2 Å². The molecule has 0 saturated heterocycles. The maximum absolute atomic E-state index is 13.8. The van der Waals surface area contributed by atoms with Crippen molar-refractivity contribution < 1.29 is 14.3 Å². The van der Waals surface area contributed by atoms with Crippen LogP contribution in [-0.4, -0.2) is 35.2 Å². The van der Waals surface area contributed by atoms with Crippen LogP contribution in [-0.2, 0) is 9.59 Å². The van der Waals surface area contributed by atoms with Crippen molar-refractivity contribution in [2.75, 3.05) is 7.11 Å².